The fourth-order valence-corrected chi connectivity index (χ4v) is 1.54. The number of rotatable bonds is 5. The second kappa shape index (κ2) is 5.96. The molecule has 0 atom stereocenters. The summed E-state index contributed by atoms with van der Waals surface area (Å²) in [6.45, 7) is 6.01. The van der Waals surface area contributed by atoms with Crippen LogP contribution in [0.2, 0.25) is 0 Å². The second-order valence-corrected chi connectivity index (χ2v) is 4.73. The van der Waals surface area contributed by atoms with Gasteiger partial charge in [-0.05, 0) is 33.9 Å². The van der Waals surface area contributed by atoms with Gasteiger partial charge in [0.25, 0.3) is 0 Å². The molecule has 0 saturated heterocycles. The summed E-state index contributed by atoms with van der Waals surface area (Å²) in [6.07, 6.45) is 0. The largest absolute Gasteiger partial charge is 0.465 e. The number of hydrogen-bond acceptors (Lipinski definition) is 3. The maximum Gasteiger partial charge on any atom is 0.325 e. The lowest BCUT2D eigenvalue weighted by molar-refractivity contribution is -0.155. The molecule has 1 aromatic rings. The third-order valence-corrected chi connectivity index (χ3v) is 3.09. The van der Waals surface area contributed by atoms with Gasteiger partial charge in [0.05, 0.1) is 6.61 Å². The van der Waals surface area contributed by atoms with Gasteiger partial charge in [-0.15, -0.1) is 0 Å². The predicted octanol–water partition coefficient (Wildman–Crippen LogP) is 2.60. The summed E-state index contributed by atoms with van der Waals surface area (Å²) in [4.78, 5) is 13.6. The van der Waals surface area contributed by atoms with E-state index in [-0.39, 0.29) is 11.8 Å². The molecule has 0 amide bonds. The first-order valence-electron chi connectivity index (χ1n) is 6.01. The Hall–Kier alpha value is -1.42. The van der Waals surface area contributed by atoms with Crippen LogP contribution in [0.25, 0.3) is 0 Å². The van der Waals surface area contributed by atoms with Crippen molar-refractivity contribution >= 4 is 5.97 Å². The number of carbonyl (C=O) groups excluding carboxylic acids is 1. The van der Waals surface area contributed by atoms with Gasteiger partial charge in [-0.2, -0.15) is 0 Å². The lowest BCUT2D eigenvalue weighted by atomic mass is 10.0. The SMILES string of the molecule is CCOC(=O)C(C)(C)N(C)Cc1ccccc1F. The number of nitrogens with zero attached hydrogens (tertiary/aromatic N) is 1. The van der Waals surface area contributed by atoms with Gasteiger partial charge in [0.1, 0.15) is 11.4 Å². The summed E-state index contributed by atoms with van der Waals surface area (Å²) in [6, 6.07) is 6.56. The standard InChI is InChI=1S/C14H20FNO2/c1-5-18-13(17)14(2,3)16(4)10-11-8-6-7-9-12(11)15/h6-9H,5,10H2,1-4H3. The summed E-state index contributed by atoms with van der Waals surface area (Å²) in [5.41, 5.74) is -0.212. The number of halogens is 1. The maximum atomic E-state index is 13.5. The Kier molecular flexibility index (Phi) is 4.84. The van der Waals surface area contributed by atoms with Gasteiger partial charge in [-0.3, -0.25) is 9.69 Å². The first kappa shape index (κ1) is 14.6. The minimum atomic E-state index is -0.779. The van der Waals surface area contributed by atoms with E-state index in [0.717, 1.165) is 0 Å². The van der Waals surface area contributed by atoms with Crippen molar-refractivity contribution in [3.05, 3.63) is 35.6 Å². The molecule has 0 bridgehead atoms. The monoisotopic (exact) mass is 253 g/mol. The minimum absolute atomic E-state index is 0.260. The van der Waals surface area contributed by atoms with Crippen LogP contribution < -0.4 is 0 Å². The number of hydrogen-bond donors (Lipinski definition) is 0. The Labute approximate surface area is 108 Å². The first-order chi connectivity index (χ1) is 8.39. The van der Waals surface area contributed by atoms with Crippen LogP contribution in [-0.4, -0.2) is 30.1 Å². The van der Waals surface area contributed by atoms with Crippen molar-refractivity contribution in [1.29, 1.82) is 0 Å². The van der Waals surface area contributed by atoms with Gasteiger partial charge in [0, 0.05) is 12.1 Å². The maximum absolute atomic E-state index is 13.5. The molecule has 0 heterocycles. The van der Waals surface area contributed by atoms with Crippen LogP contribution in [0.15, 0.2) is 24.3 Å². The van der Waals surface area contributed by atoms with Crippen LogP contribution in [0.1, 0.15) is 26.3 Å². The van der Waals surface area contributed by atoms with Gasteiger partial charge in [-0.25, -0.2) is 4.39 Å². The van der Waals surface area contributed by atoms with E-state index >= 15 is 0 Å². The van der Waals surface area contributed by atoms with E-state index in [1.807, 2.05) is 0 Å². The molecule has 0 unspecified atom stereocenters. The number of benzene rings is 1. The summed E-state index contributed by atoms with van der Waals surface area (Å²) >= 11 is 0. The highest BCUT2D eigenvalue weighted by atomic mass is 19.1. The lowest BCUT2D eigenvalue weighted by Crippen LogP contribution is -2.48. The number of esters is 1. The zero-order valence-corrected chi connectivity index (χ0v) is 11.4. The highest BCUT2D eigenvalue weighted by molar-refractivity contribution is 5.79. The average Bonchev–Trinajstić information content (AvgIpc) is 2.32. The Balaban J connectivity index is 2.79. The lowest BCUT2D eigenvalue weighted by Gasteiger charge is -2.33. The molecular formula is C14H20FNO2. The molecule has 0 radical (unpaired) electrons. The molecule has 0 aromatic heterocycles. The zero-order chi connectivity index (χ0) is 13.8. The molecule has 0 saturated carbocycles. The van der Waals surface area contributed by atoms with Crippen LogP contribution in [0.4, 0.5) is 4.39 Å². The van der Waals surface area contributed by atoms with Crippen molar-refractivity contribution in [3.63, 3.8) is 0 Å². The molecule has 0 spiro atoms. The fraction of sp³-hybridized carbons (Fsp3) is 0.500. The summed E-state index contributed by atoms with van der Waals surface area (Å²) in [5, 5.41) is 0. The van der Waals surface area contributed by atoms with Crippen LogP contribution in [0, 0.1) is 5.82 Å². The molecule has 3 nitrogen and oxygen atoms in total. The van der Waals surface area contributed by atoms with E-state index in [0.29, 0.717) is 18.7 Å². The van der Waals surface area contributed by atoms with Crippen molar-refractivity contribution in [2.45, 2.75) is 32.9 Å². The molecule has 1 aromatic carbocycles. The minimum Gasteiger partial charge on any atom is -0.465 e. The number of carbonyl (C=O) groups is 1. The molecule has 4 heteroatoms. The Bertz CT molecular complexity index is 418. The third kappa shape index (κ3) is 3.29. The topological polar surface area (TPSA) is 29.5 Å². The van der Waals surface area contributed by atoms with Crippen LogP contribution in [-0.2, 0) is 16.1 Å². The number of ether oxygens (including phenoxy) is 1. The van der Waals surface area contributed by atoms with Gasteiger partial charge < -0.3 is 4.74 Å². The Morgan fingerprint density at radius 2 is 2.00 bits per heavy atom. The molecular weight excluding hydrogens is 233 g/mol. The zero-order valence-electron chi connectivity index (χ0n) is 11.4. The molecule has 0 fully saturated rings. The predicted molar refractivity (Wildman–Crippen MR) is 68.6 cm³/mol. The number of likely N-dealkylation sites (N-methyl/N-ethyl adjacent to an activating group) is 1. The van der Waals surface area contributed by atoms with Crippen molar-refractivity contribution in [2.24, 2.45) is 0 Å². The van der Waals surface area contributed by atoms with Gasteiger partial charge in [0.15, 0.2) is 0 Å². The van der Waals surface area contributed by atoms with Gasteiger partial charge in [-0.1, -0.05) is 18.2 Å². The van der Waals surface area contributed by atoms with E-state index in [9.17, 15) is 9.18 Å². The molecule has 1 rings (SSSR count). The quantitative estimate of drug-likeness (QED) is 0.755. The Morgan fingerprint density at radius 1 is 1.39 bits per heavy atom. The summed E-state index contributed by atoms with van der Waals surface area (Å²) in [7, 11) is 1.78. The molecule has 0 aliphatic carbocycles. The van der Waals surface area contributed by atoms with Crippen molar-refractivity contribution in [3.8, 4) is 0 Å². The molecule has 0 aliphatic heterocycles. The van der Waals surface area contributed by atoms with Crippen LogP contribution in [0.3, 0.4) is 0 Å². The highest BCUT2D eigenvalue weighted by Gasteiger charge is 2.33. The first-order valence-corrected chi connectivity index (χ1v) is 6.01. The van der Waals surface area contributed by atoms with Crippen molar-refractivity contribution in [2.75, 3.05) is 13.7 Å². The molecule has 100 valence electrons. The van der Waals surface area contributed by atoms with E-state index in [1.54, 1.807) is 50.9 Å². The Morgan fingerprint density at radius 3 is 2.56 bits per heavy atom. The van der Waals surface area contributed by atoms with Gasteiger partial charge in [0.2, 0.25) is 0 Å². The van der Waals surface area contributed by atoms with Gasteiger partial charge >= 0.3 is 5.97 Å². The third-order valence-electron chi connectivity index (χ3n) is 3.09. The van der Waals surface area contributed by atoms with Crippen LogP contribution in [0.5, 0.6) is 0 Å². The smallest absolute Gasteiger partial charge is 0.325 e. The van der Waals surface area contributed by atoms with Crippen molar-refractivity contribution < 1.29 is 13.9 Å². The fourth-order valence-electron chi connectivity index (χ4n) is 1.54. The summed E-state index contributed by atoms with van der Waals surface area (Å²) in [5.74, 6) is -0.562. The normalized spacial score (nSPS) is 11.7. The molecule has 0 N–H and O–H groups in total. The van der Waals surface area contributed by atoms with E-state index < -0.39 is 5.54 Å². The second-order valence-electron chi connectivity index (χ2n) is 4.73. The van der Waals surface area contributed by atoms with E-state index in [4.69, 9.17) is 4.74 Å². The molecule has 18 heavy (non-hydrogen) atoms. The molecule has 0 aliphatic rings. The van der Waals surface area contributed by atoms with E-state index in [1.165, 1.54) is 6.07 Å². The van der Waals surface area contributed by atoms with Crippen LogP contribution >= 0.6 is 0 Å². The van der Waals surface area contributed by atoms with E-state index in [2.05, 4.69) is 0 Å². The highest BCUT2D eigenvalue weighted by Crippen LogP contribution is 2.19. The average molecular weight is 253 g/mol. The summed E-state index contributed by atoms with van der Waals surface area (Å²) < 4.78 is 18.6. The van der Waals surface area contributed by atoms with Crippen molar-refractivity contribution in [1.82, 2.24) is 4.90 Å².